The Morgan fingerprint density at radius 3 is 2.72 bits per heavy atom. The monoisotopic (exact) mass is 274 g/mol. The van der Waals surface area contributed by atoms with Crippen molar-refractivity contribution in [3.63, 3.8) is 0 Å². The number of H-pyrrole nitrogens is 1. The van der Waals surface area contributed by atoms with Gasteiger partial charge in [0, 0.05) is 25.4 Å². The fourth-order valence-corrected chi connectivity index (χ4v) is 2.22. The van der Waals surface area contributed by atoms with Gasteiger partial charge in [0.1, 0.15) is 0 Å². The summed E-state index contributed by atoms with van der Waals surface area (Å²) in [6, 6.07) is 2.44. The van der Waals surface area contributed by atoms with Crippen LogP contribution in [0.15, 0.2) is 28.0 Å². The van der Waals surface area contributed by atoms with Crippen LogP contribution in [0.25, 0.3) is 0 Å². The molecule has 0 amide bonds. The highest BCUT2D eigenvalue weighted by molar-refractivity contribution is 7.89. The zero-order valence-electron chi connectivity index (χ0n) is 10.3. The Kier molecular flexibility index (Phi) is 6.03. The molecule has 1 aromatic heterocycles. The smallest absolute Gasteiger partial charge is 0.247 e. The van der Waals surface area contributed by atoms with Gasteiger partial charge in [-0.15, -0.1) is 0 Å². The molecule has 1 rings (SSSR count). The minimum atomic E-state index is -3.57. The molecule has 7 heteroatoms. The van der Waals surface area contributed by atoms with Gasteiger partial charge in [0.05, 0.1) is 11.5 Å². The lowest BCUT2D eigenvalue weighted by Gasteiger charge is -2.06. The highest BCUT2D eigenvalue weighted by Crippen LogP contribution is 2.03. The summed E-state index contributed by atoms with van der Waals surface area (Å²) in [5, 5.41) is 0. The van der Waals surface area contributed by atoms with E-state index in [-0.39, 0.29) is 17.0 Å². The van der Waals surface area contributed by atoms with E-state index in [0.717, 1.165) is 12.8 Å². The van der Waals surface area contributed by atoms with Crippen LogP contribution in [-0.2, 0) is 14.8 Å². The summed E-state index contributed by atoms with van der Waals surface area (Å²) in [4.78, 5) is 13.2. The van der Waals surface area contributed by atoms with E-state index in [1.165, 1.54) is 18.3 Å². The van der Waals surface area contributed by atoms with Gasteiger partial charge in [0.2, 0.25) is 15.6 Å². The average Bonchev–Trinajstić information content (AvgIpc) is 2.34. The summed E-state index contributed by atoms with van der Waals surface area (Å²) in [6.07, 6.45) is 3.18. The molecule has 0 aliphatic rings. The van der Waals surface area contributed by atoms with E-state index in [2.05, 4.69) is 16.6 Å². The summed E-state index contributed by atoms with van der Waals surface area (Å²) >= 11 is 0. The molecule has 0 bridgehead atoms. The van der Waals surface area contributed by atoms with Crippen molar-refractivity contribution in [2.24, 2.45) is 0 Å². The van der Waals surface area contributed by atoms with Gasteiger partial charge >= 0.3 is 0 Å². The number of nitrogens with one attached hydrogen (secondary N) is 2. The quantitative estimate of drug-likeness (QED) is 0.674. The van der Waals surface area contributed by atoms with Crippen molar-refractivity contribution in [1.82, 2.24) is 9.71 Å². The number of sulfonamides is 1. The maximum atomic E-state index is 11.7. The Morgan fingerprint density at radius 1 is 1.33 bits per heavy atom. The number of rotatable bonds is 8. The van der Waals surface area contributed by atoms with Crippen LogP contribution in [-0.4, -0.2) is 33.2 Å². The fourth-order valence-electron chi connectivity index (χ4n) is 1.24. The predicted molar refractivity (Wildman–Crippen MR) is 68.0 cm³/mol. The Hall–Kier alpha value is -1.18. The summed E-state index contributed by atoms with van der Waals surface area (Å²) in [5.41, 5.74) is -0.336. The van der Waals surface area contributed by atoms with Crippen LogP contribution in [0.3, 0.4) is 0 Å². The van der Waals surface area contributed by atoms with Crippen molar-refractivity contribution in [3.05, 3.63) is 28.7 Å². The van der Waals surface area contributed by atoms with E-state index in [4.69, 9.17) is 4.74 Å². The van der Waals surface area contributed by atoms with Crippen molar-refractivity contribution in [1.29, 1.82) is 0 Å². The maximum Gasteiger partial charge on any atom is 0.247 e. The molecule has 1 heterocycles. The van der Waals surface area contributed by atoms with Crippen molar-refractivity contribution >= 4 is 10.0 Å². The summed E-state index contributed by atoms with van der Waals surface area (Å²) in [5.74, 6) is 0. The number of ether oxygens (including phenoxy) is 1. The lowest BCUT2D eigenvalue weighted by atomic mass is 10.4. The maximum absolute atomic E-state index is 11.7. The minimum absolute atomic E-state index is 0.0376. The van der Waals surface area contributed by atoms with Crippen molar-refractivity contribution in [2.75, 3.05) is 19.8 Å². The molecular formula is C11H18N2O4S. The van der Waals surface area contributed by atoms with Gasteiger partial charge in [-0.05, 0) is 12.5 Å². The molecule has 0 aromatic carbocycles. The van der Waals surface area contributed by atoms with Crippen molar-refractivity contribution < 1.29 is 13.2 Å². The second-order valence-electron chi connectivity index (χ2n) is 3.75. The third-order valence-electron chi connectivity index (χ3n) is 2.25. The second-order valence-corrected chi connectivity index (χ2v) is 5.52. The second kappa shape index (κ2) is 7.30. The molecule has 0 saturated heterocycles. The van der Waals surface area contributed by atoms with Gasteiger partial charge in [-0.25, -0.2) is 13.1 Å². The molecule has 0 aliphatic carbocycles. The van der Waals surface area contributed by atoms with E-state index in [0.29, 0.717) is 13.2 Å². The number of hydrogen-bond acceptors (Lipinski definition) is 4. The first-order valence-corrected chi connectivity index (χ1v) is 7.30. The van der Waals surface area contributed by atoms with E-state index < -0.39 is 10.0 Å². The van der Waals surface area contributed by atoms with Gasteiger partial charge in [-0.1, -0.05) is 13.3 Å². The third kappa shape index (κ3) is 4.99. The SMILES string of the molecule is CCCCOCCNS(=O)(=O)c1ccc(=O)[nH]c1. The van der Waals surface area contributed by atoms with E-state index in [1.807, 2.05) is 0 Å². The van der Waals surface area contributed by atoms with E-state index in [1.54, 1.807) is 0 Å². The summed E-state index contributed by atoms with van der Waals surface area (Å²) in [7, 11) is -3.57. The molecule has 0 radical (unpaired) electrons. The van der Waals surface area contributed by atoms with E-state index in [9.17, 15) is 13.2 Å². The first-order valence-electron chi connectivity index (χ1n) is 5.82. The van der Waals surface area contributed by atoms with Crippen LogP contribution in [0.1, 0.15) is 19.8 Å². The van der Waals surface area contributed by atoms with Crippen molar-refractivity contribution in [2.45, 2.75) is 24.7 Å². The lowest BCUT2D eigenvalue weighted by Crippen LogP contribution is -2.28. The minimum Gasteiger partial charge on any atom is -0.380 e. The molecule has 0 spiro atoms. The van der Waals surface area contributed by atoms with Crippen LogP contribution >= 0.6 is 0 Å². The molecule has 0 saturated carbocycles. The molecule has 102 valence electrons. The number of unbranched alkanes of at least 4 members (excludes halogenated alkanes) is 1. The molecule has 0 unspecified atom stereocenters. The first kappa shape index (κ1) is 14.9. The van der Waals surface area contributed by atoms with Crippen LogP contribution in [0, 0.1) is 0 Å². The molecule has 0 atom stereocenters. The highest BCUT2D eigenvalue weighted by atomic mass is 32.2. The zero-order valence-corrected chi connectivity index (χ0v) is 11.1. The first-order chi connectivity index (χ1) is 8.56. The summed E-state index contributed by atoms with van der Waals surface area (Å²) < 4.78 is 31.1. The van der Waals surface area contributed by atoms with Gasteiger partial charge in [0.25, 0.3) is 0 Å². The highest BCUT2D eigenvalue weighted by Gasteiger charge is 2.12. The van der Waals surface area contributed by atoms with Crippen LogP contribution in [0.5, 0.6) is 0 Å². The normalized spacial score (nSPS) is 11.6. The molecule has 2 N–H and O–H groups in total. The molecule has 0 fully saturated rings. The van der Waals surface area contributed by atoms with E-state index >= 15 is 0 Å². The molecule has 6 nitrogen and oxygen atoms in total. The van der Waals surface area contributed by atoms with Gasteiger partial charge in [-0.3, -0.25) is 4.79 Å². The average molecular weight is 274 g/mol. The van der Waals surface area contributed by atoms with Gasteiger partial charge in [-0.2, -0.15) is 0 Å². The van der Waals surface area contributed by atoms with Crippen molar-refractivity contribution in [3.8, 4) is 0 Å². The zero-order chi connectivity index (χ0) is 13.4. The largest absolute Gasteiger partial charge is 0.380 e. The molecular weight excluding hydrogens is 256 g/mol. The molecule has 18 heavy (non-hydrogen) atoms. The Labute approximate surface area is 106 Å². The lowest BCUT2D eigenvalue weighted by molar-refractivity contribution is 0.136. The summed E-state index contributed by atoms with van der Waals surface area (Å²) in [6.45, 7) is 3.24. The van der Waals surface area contributed by atoms with Crippen LogP contribution in [0.4, 0.5) is 0 Å². The predicted octanol–water partition coefficient (Wildman–Crippen LogP) is 0.470. The Bertz CT molecular complexity index is 490. The fraction of sp³-hybridized carbons (Fsp3) is 0.545. The number of pyridine rings is 1. The Morgan fingerprint density at radius 2 is 2.11 bits per heavy atom. The topological polar surface area (TPSA) is 88.3 Å². The number of hydrogen-bond donors (Lipinski definition) is 2. The Balaban J connectivity index is 2.41. The molecule has 0 aliphatic heterocycles. The number of aromatic amines is 1. The third-order valence-corrected chi connectivity index (χ3v) is 3.71. The number of aromatic nitrogens is 1. The van der Waals surface area contributed by atoms with Crippen LogP contribution < -0.4 is 10.3 Å². The molecule has 1 aromatic rings. The van der Waals surface area contributed by atoms with Crippen LogP contribution in [0.2, 0.25) is 0 Å². The standard InChI is InChI=1S/C11H18N2O4S/c1-2-3-7-17-8-6-13-18(15,16)10-4-5-11(14)12-9-10/h4-5,9,13H,2-3,6-8H2,1H3,(H,12,14). The van der Waals surface area contributed by atoms with Gasteiger partial charge < -0.3 is 9.72 Å². The van der Waals surface area contributed by atoms with Gasteiger partial charge in [0.15, 0.2) is 0 Å².